The van der Waals surface area contributed by atoms with Gasteiger partial charge in [-0.2, -0.15) is 0 Å². The van der Waals surface area contributed by atoms with Crippen LogP contribution in [0.25, 0.3) is 0 Å². The summed E-state index contributed by atoms with van der Waals surface area (Å²) in [5.41, 5.74) is 1.09. The normalized spacial score (nSPS) is 12.4. The first-order valence-electron chi connectivity index (χ1n) is 6.44. The Hall–Kier alpha value is -0.900. The van der Waals surface area contributed by atoms with Crippen LogP contribution in [0.1, 0.15) is 19.4 Å². The smallest absolute Gasteiger partial charge is 0.203 e. The molecule has 3 nitrogen and oxygen atoms in total. The lowest BCUT2D eigenvalue weighted by atomic mass is 9.99. The average molecular weight is 331 g/mol. The van der Waals surface area contributed by atoms with Crippen LogP contribution < -0.4 is 14.2 Å². The average Bonchev–Trinajstić information content (AvgIpc) is 2.39. The molecule has 0 radical (unpaired) electrons. The molecular formula is C15H23BrO3. The highest BCUT2D eigenvalue weighted by Crippen LogP contribution is 2.38. The summed E-state index contributed by atoms with van der Waals surface area (Å²) in [5.74, 6) is 3.13. The molecule has 4 heteroatoms. The highest BCUT2D eigenvalue weighted by molar-refractivity contribution is 9.09. The van der Waals surface area contributed by atoms with Crippen molar-refractivity contribution in [3.63, 3.8) is 0 Å². The van der Waals surface area contributed by atoms with E-state index in [-0.39, 0.29) is 0 Å². The van der Waals surface area contributed by atoms with Crippen molar-refractivity contribution in [2.24, 2.45) is 11.8 Å². The summed E-state index contributed by atoms with van der Waals surface area (Å²) in [5, 5.41) is 0.918. The second-order valence-electron chi connectivity index (χ2n) is 4.97. The van der Waals surface area contributed by atoms with Gasteiger partial charge in [-0.1, -0.05) is 29.8 Å². The largest absolute Gasteiger partial charge is 0.493 e. The molecule has 0 N–H and O–H groups in total. The third-order valence-corrected chi connectivity index (χ3v) is 4.02. The van der Waals surface area contributed by atoms with Gasteiger partial charge >= 0.3 is 0 Å². The van der Waals surface area contributed by atoms with Crippen molar-refractivity contribution in [3.05, 3.63) is 17.7 Å². The molecule has 1 rings (SSSR count). The van der Waals surface area contributed by atoms with Crippen LogP contribution >= 0.6 is 15.9 Å². The maximum absolute atomic E-state index is 5.94. The van der Waals surface area contributed by atoms with Gasteiger partial charge in [-0.3, -0.25) is 0 Å². The van der Waals surface area contributed by atoms with E-state index < -0.39 is 0 Å². The van der Waals surface area contributed by atoms with Crippen LogP contribution in [0, 0.1) is 18.8 Å². The minimum absolute atomic E-state index is 0.454. The zero-order valence-electron chi connectivity index (χ0n) is 12.3. The number of aryl methyl sites for hydroxylation is 1. The summed E-state index contributed by atoms with van der Waals surface area (Å²) in [6, 6.07) is 3.91. The highest BCUT2D eigenvalue weighted by atomic mass is 79.9. The standard InChI is InChI=1S/C15H23BrO3/c1-10(2)12(8-16)9-19-15-13(17-4)6-11(3)7-14(15)18-5/h6-7,10,12H,8-9H2,1-5H3. The summed E-state index contributed by atoms with van der Waals surface area (Å²) < 4.78 is 16.7. The maximum atomic E-state index is 5.94. The zero-order valence-corrected chi connectivity index (χ0v) is 13.9. The Kier molecular flexibility index (Phi) is 6.49. The Balaban J connectivity index is 2.92. The van der Waals surface area contributed by atoms with Crippen LogP contribution in [0.3, 0.4) is 0 Å². The minimum Gasteiger partial charge on any atom is -0.493 e. The third-order valence-electron chi connectivity index (χ3n) is 3.19. The molecule has 0 saturated carbocycles. The van der Waals surface area contributed by atoms with E-state index in [9.17, 15) is 0 Å². The number of alkyl halides is 1. The van der Waals surface area contributed by atoms with E-state index in [1.54, 1.807) is 14.2 Å². The molecule has 108 valence electrons. The molecule has 0 aliphatic rings. The molecule has 0 fully saturated rings. The fraction of sp³-hybridized carbons (Fsp3) is 0.600. The zero-order chi connectivity index (χ0) is 14.4. The number of halogens is 1. The summed E-state index contributed by atoms with van der Waals surface area (Å²) in [4.78, 5) is 0. The Morgan fingerprint density at radius 2 is 1.63 bits per heavy atom. The van der Waals surface area contributed by atoms with Gasteiger partial charge in [-0.15, -0.1) is 0 Å². The number of hydrogen-bond donors (Lipinski definition) is 0. The molecule has 1 aromatic carbocycles. The van der Waals surface area contributed by atoms with Gasteiger partial charge in [0.25, 0.3) is 0 Å². The second kappa shape index (κ2) is 7.63. The van der Waals surface area contributed by atoms with Crippen LogP contribution in [0.15, 0.2) is 12.1 Å². The van der Waals surface area contributed by atoms with Crippen molar-refractivity contribution < 1.29 is 14.2 Å². The predicted molar refractivity (Wildman–Crippen MR) is 81.9 cm³/mol. The van der Waals surface area contributed by atoms with Crippen LogP contribution in [0.2, 0.25) is 0 Å². The number of benzene rings is 1. The van der Waals surface area contributed by atoms with E-state index in [1.165, 1.54) is 0 Å². The summed E-state index contributed by atoms with van der Waals surface area (Å²) in [6.07, 6.45) is 0. The maximum Gasteiger partial charge on any atom is 0.203 e. The molecule has 0 aromatic heterocycles. The van der Waals surface area contributed by atoms with Crippen LogP contribution in [0.5, 0.6) is 17.2 Å². The van der Waals surface area contributed by atoms with Crippen molar-refractivity contribution >= 4 is 15.9 Å². The number of methoxy groups -OCH3 is 2. The Morgan fingerprint density at radius 1 is 1.11 bits per heavy atom. The first-order chi connectivity index (χ1) is 9.03. The summed E-state index contributed by atoms with van der Waals surface area (Å²) in [7, 11) is 3.29. The van der Waals surface area contributed by atoms with Crippen LogP contribution in [-0.2, 0) is 0 Å². The molecule has 1 unspecified atom stereocenters. The molecule has 1 aromatic rings. The van der Waals surface area contributed by atoms with E-state index in [0.29, 0.717) is 35.7 Å². The lowest BCUT2D eigenvalue weighted by Crippen LogP contribution is -2.19. The monoisotopic (exact) mass is 330 g/mol. The molecule has 19 heavy (non-hydrogen) atoms. The van der Waals surface area contributed by atoms with Crippen molar-refractivity contribution in [3.8, 4) is 17.2 Å². The first-order valence-corrected chi connectivity index (χ1v) is 7.57. The number of hydrogen-bond acceptors (Lipinski definition) is 3. The van der Waals surface area contributed by atoms with Crippen molar-refractivity contribution in [2.45, 2.75) is 20.8 Å². The van der Waals surface area contributed by atoms with Gasteiger partial charge in [0.1, 0.15) is 0 Å². The van der Waals surface area contributed by atoms with Gasteiger partial charge in [0.05, 0.1) is 20.8 Å². The van der Waals surface area contributed by atoms with E-state index in [0.717, 1.165) is 10.9 Å². The van der Waals surface area contributed by atoms with E-state index >= 15 is 0 Å². The molecule has 0 aliphatic carbocycles. The highest BCUT2D eigenvalue weighted by Gasteiger charge is 2.17. The Labute approximate surface area is 124 Å². The van der Waals surface area contributed by atoms with Crippen molar-refractivity contribution in [1.29, 1.82) is 0 Å². The number of ether oxygens (including phenoxy) is 3. The Morgan fingerprint density at radius 3 is 2.00 bits per heavy atom. The predicted octanol–water partition coefficient (Wildman–Crippen LogP) is 4.06. The van der Waals surface area contributed by atoms with Gasteiger partial charge in [-0.25, -0.2) is 0 Å². The minimum atomic E-state index is 0.454. The van der Waals surface area contributed by atoms with E-state index in [4.69, 9.17) is 14.2 Å². The molecule has 0 aliphatic heterocycles. The van der Waals surface area contributed by atoms with Gasteiger partial charge in [0.15, 0.2) is 11.5 Å². The number of rotatable bonds is 7. The molecule has 0 bridgehead atoms. The Bertz CT molecular complexity index is 379. The summed E-state index contributed by atoms with van der Waals surface area (Å²) in [6.45, 7) is 7.03. The van der Waals surface area contributed by atoms with Crippen molar-refractivity contribution in [1.82, 2.24) is 0 Å². The molecular weight excluding hydrogens is 308 g/mol. The molecule has 0 heterocycles. The lowest BCUT2D eigenvalue weighted by molar-refractivity contribution is 0.210. The summed E-state index contributed by atoms with van der Waals surface area (Å²) >= 11 is 3.53. The molecule has 1 atom stereocenters. The quantitative estimate of drug-likeness (QED) is 0.705. The van der Waals surface area contributed by atoms with Crippen LogP contribution in [-0.4, -0.2) is 26.2 Å². The van der Waals surface area contributed by atoms with Gasteiger partial charge in [0, 0.05) is 11.2 Å². The van der Waals surface area contributed by atoms with E-state index in [2.05, 4.69) is 29.8 Å². The van der Waals surface area contributed by atoms with Gasteiger partial charge < -0.3 is 14.2 Å². The molecule has 0 spiro atoms. The second-order valence-corrected chi connectivity index (χ2v) is 5.62. The van der Waals surface area contributed by atoms with Gasteiger partial charge in [0.2, 0.25) is 5.75 Å². The van der Waals surface area contributed by atoms with Crippen LogP contribution in [0.4, 0.5) is 0 Å². The first kappa shape index (κ1) is 16.2. The fourth-order valence-electron chi connectivity index (χ4n) is 1.76. The molecule has 0 amide bonds. The lowest BCUT2D eigenvalue weighted by Gasteiger charge is -2.21. The fourth-order valence-corrected chi connectivity index (χ4v) is 2.69. The molecule has 0 saturated heterocycles. The van der Waals surface area contributed by atoms with Gasteiger partial charge in [-0.05, 0) is 30.5 Å². The third kappa shape index (κ3) is 4.30. The topological polar surface area (TPSA) is 27.7 Å². The van der Waals surface area contributed by atoms with E-state index in [1.807, 2.05) is 19.1 Å². The SMILES string of the molecule is COc1cc(C)cc(OC)c1OCC(CBr)C(C)C. The van der Waals surface area contributed by atoms with Crippen molar-refractivity contribution in [2.75, 3.05) is 26.2 Å².